The Kier molecular flexibility index (Phi) is 3.97. The third-order valence-electron chi connectivity index (χ3n) is 4.15. The lowest BCUT2D eigenvalue weighted by Crippen LogP contribution is -2.37. The van der Waals surface area contributed by atoms with Crippen LogP contribution < -0.4 is 20.1 Å². The van der Waals surface area contributed by atoms with E-state index in [1.54, 1.807) is 6.07 Å². The zero-order valence-corrected chi connectivity index (χ0v) is 13.5. The number of carbonyl (C=O) groups excluding carboxylic acids is 2. The monoisotopic (exact) mass is 339 g/mol. The van der Waals surface area contributed by atoms with Crippen molar-refractivity contribution in [2.75, 3.05) is 18.5 Å². The van der Waals surface area contributed by atoms with Crippen LogP contribution in [0.5, 0.6) is 11.5 Å². The fraction of sp³-hybridized carbons (Fsp3) is 0.278. The van der Waals surface area contributed by atoms with Crippen molar-refractivity contribution in [2.45, 2.75) is 18.9 Å². The first kappa shape index (κ1) is 15.4. The van der Waals surface area contributed by atoms with Crippen LogP contribution in [0.4, 0.5) is 5.82 Å². The fourth-order valence-electron chi connectivity index (χ4n) is 2.89. The summed E-state index contributed by atoms with van der Waals surface area (Å²) in [5, 5.41) is 5.40. The Morgan fingerprint density at radius 3 is 2.80 bits per heavy atom. The highest BCUT2D eigenvalue weighted by atomic mass is 16.6. The molecule has 128 valence electrons. The molecule has 0 bridgehead atoms. The SMILES string of the molecule is O=C1CCC(C(=O)Nc2cccc(-c3ccc4c(c3)OCCO4)n2)N1. The van der Waals surface area contributed by atoms with Crippen LogP contribution in [-0.2, 0) is 9.59 Å². The first-order valence-corrected chi connectivity index (χ1v) is 8.16. The molecule has 7 nitrogen and oxygen atoms in total. The van der Waals surface area contributed by atoms with E-state index in [-0.39, 0.29) is 11.8 Å². The number of carbonyl (C=O) groups is 2. The molecule has 0 saturated carbocycles. The molecule has 0 aliphatic carbocycles. The van der Waals surface area contributed by atoms with Crippen molar-refractivity contribution in [3.05, 3.63) is 36.4 Å². The van der Waals surface area contributed by atoms with Crippen LogP contribution in [0.25, 0.3) is 11.3 Å². The third kappa shape index (κ3) is 3.26. The summed E-state index contributed by atoms with van der Waals surface area (Å²) >= 11 is 0. The van der Waals surface area contributed by atoms with Crippen molar-refractivity contribution >= 4 is 17.6 Å². The standard InChI is InChI=1S/C18H17N3O4/c22-17-7-5-13(20-17)18(23)21-16-3-1-2-12(19-16)11-4-6-14-15(10-11)25-9-8-24-14/h1-4,6,10,13H,5,7-9H2,(H,20,22)(H,19,21,23). The molecular formula is C18H17N3O4. The number of ether oxygens (including phenoxy) is 2. The van der Waals surface area contributed by atoms with Gasteiger partial charge < -0.3 is 20.1 Å². The van der Waals surface area contributed by atoms with E-state index in [1.807, 2.05) is 30.3 Å². The second kappa shape index (κ2) is 6.43. The molecule has 4 rings (SSSR count). The van der Waals surface area contributed by atoms with E-state index in [1.165, 1.54) is 0 Å². The molecular weight excluding hydrogens is 322 g/mol. The number of nitrogens with zero attached hydrogens (tertiary/aromatic N) is 1. The summed E-state index contributed by atoms with van der Waals surface area (Å²) in [7, 11) is 0. The van der Waals surface area contributed by atoms with Gasteiger partial charge in [0.15, 0.2) is 11.5 Å². The van der Waals surface area contributed by atoms with E-state index < -0.39 is 6.04 Å². The van der Waals surface area contributed by atoms with E-state index in [9.17, 15) is 9.59 Å². The minimum atomic E-state index is -0.493. The third-order valence-corrected chi connectivity index (χ3v) is 4.15. The first-order chi connectivity index (χ1) is 12.2. The van der Waals surface area contributed by atoms with Crippen molar-refractivity contribution in [3.8, 4) is 22.8 Å². The van der Waals surface area contributed by atoms with Crippen molar-refractivity contribution in [2.24, 2.45) is 0 Å². The van der Waals surface area contributed by atoms with Gasteiger partial charge in [0.05, 0.1) is 5.69 Å². The second-order valence-electron chi connectivity index (χ2n) is 5.91. The summed E-state index contributed by atoms with van der Waals surface area (Å²) in [6, 6.07) is 10.5. The zero-order chi connectivity index (χ0) is 17.2. The second-order valence-corrected chi connectivity index (χ2v) is 5.91. The maximum atomic E-state index is 12.2. The van der Waals surface area contributed by atoms with E-state index in [0.29, 0.717) is 43.3 Å². The number of pyridine rings is 1. The molecule has 2 aromatic rings. The molecule has 1 unspecified atom stereocenters. The number of hydrogen-bond acceptors (Lipinski definition) is 5. The fourth-order valence-corrected chi connectivity index (χ4v) is 2.89. The molecule has 0 radical (unpaired) electrons. The van der Waals surface area contributed by atoms with Crippen molar-refractivity contribution < 1.29 is 19.1 Å². The number of nitrogens with one attached hydrogen (secondary N) is 2. The lowest BCUT2D eigenvalue weighted by Gasteiger charge is -2.18. The molecule has 2 N–H and O–H groups in total. The van der Waals surface area contributed by atoms with Crippen molar-refractivity contribution in [3.63, 3.8) is 0 Å². The van der Waals surface area contributed by atoms with Crippen LogP contribution in [0.2, 0.25) is 0 Å². The zero-order valence-electron chi connectivity index (χ0n) is 13.5. The van der Waals surface area contributed by atoms with Gasteiger partial charge in [0.2, 0.25) is 11.8 Å². The molecule has 7 heteroatoms. The maximum absolute atomic E-state index is 12.2. The molecule has 3 heterocycles. The average Bonchev–Trinajstić information content (AvgIpc) is 3.08. The van der Waals surface area contributed by atoms with Crippen LogP contribution in [0, 0.1) is 0 Å². The number of anilines is 1. The van der Waals surface area contributed by atoms with Crippen molar-refractivity contribution in [1.82, 2.24) is 10.3 Å². The molecule has 1 aromatic heterocycles. The molecule has 1 aromatic carbocycles. The molecule has 1 saturated heterocycles. The number of benzene rings is 1. The van der Waals surface area contributed by atoms with Crippen LogP contribution >= 0.6 is 0 Å². The number of fused-ring (bicyclic) bond motifs is 1. The number of rotatable bonds is 3. The minimum absolute atomic E-state index is 0.0989. The van der Waals surface area contributed by atoms with Crippen molar-refractivity contribution in [1.29, 1.82) is 0 Å². The molecule has 25 heavy (non-hydrogen) atoms. The Labute approximate surface area is 144 Å². The van der Waals surface area contributed by atoms with E-state index in [2.05, 4.69) is 15.6 Å². The largest absolute Gasteiger partial charge is 0.486 e. The number of hydrogen-bond donors (Lipinski definition) is 2. The predicted molar refractivity (Wildman–Crippen MR) is 90.5 cm³/mol. The van der Waals surface area contributed by atoms with Crippen LogP contribution in [0.3, 0.4) is 0 Å². The van der Waals surface area contributed by atoms with E-state index in [0.717, 1.165) is 11.3 Å². The molecule has 2 aliphatic heterocycles. The Hall–Kier alpha value is -3.09. The van der Waals surface area contributed by atoms with E-state index >= 15 is 0 Å². The van der Waals surface area contributed by atoms with Gasteiger partial charge in [0.1, 0.15) is 25.1 Å². The lowest BCUT2D eigenvalue weighted by molar-refractivity contribution is -0.122. The molecule has 2 amide bonds. The highest BCUT2D eigenvalue weighted by Gasteiger charge is 2.27. The van der Waals surface area contributed by atoms with Gasteiger partial charge in [-0.25, -0.2) is 4.98 Å². The quantitative estimate of drug-likeness (QED) is 0.889. The summed E-state index contributed by atoms with van der Waals surface area (Å²) in [5.41, 5.74) is 1.58. The normalized spacial score (nSPS) is 18.6. The van der Waals surface area contributed by atoms with Gasteiger partial charge in [-0.15, -0.1) is 0 Å². The molecule has 0 spiro atoms. The topological polar surface area (TPSA) is 89.6 Å². The highest BCUT2D eigenvalue weighted by molar-refractivity contribution is 5.98. The number of aromatic nitrogens is 1. The van der Waals surface area contributed by atoms with Crippen LogP contribution in [0.15, 0.2) is 36.4 Å². The Morgan fingerprint density at radius 2 is 2.00 bits per heavy atom. The molecule has 1 atom stereocenters. The smallest absolute Gasteiger partial charge is 0.248 e. The minimum Gasteiger partial charge on any atom is -0.486 e. The van der Waals surface area contributed by atoms with Gasteiger partial charge in [-0.05, 0) is 36.8 Å². The van der Waals surface area contributed by atoms with Gasteiger partial charge in [0, 0.05) is 12.0 Å². The molecule has 2 aliphatic rings. The summed E-state index contributed by atoms with van der Waals surface area (Å²) < 4.78 is 11.1. The predicted octanol–water partition coefficient (Wildman–Crippen LogP) is 1.74. The number of amides is 2. The lowest BCUT2D eigenvalue weighted by atomic mass is 10.1. The highest BCUT2D eigenvalue weighted by Crippen LogP contribution is 2.34. The van der Waals surface area contributed by atoms with Gasteiger partial charge in [-0.3, -0.25) is 9.59 Å². The summed E-state index contributed by atoms with van der Waals surface area (Å²) in [5.74, 6) is 1.50. The van der Waals surface area contributed by atoms with Gasteiger partial charge in [-0.2, -0.15) is 0 Å². The summed E-state index contributed by atoms with van der Waals surface area (Å²) in [6.07, 6.45) is 0.884. The Bertz CT molecular complexity index is 837. The average molecular weight is 339 g/mol. The van der Waals surface area contributed by atoms with E-state index in [4.69, 9.17) is 9.47 Å². The van der Waals surface area contributed by atoms with Gasteiger partial charge in [0.25, 0.3) is 0 Å². The summed E-state index contributed by atoms with van der Waals surface area (Å²) in [6.45, 7) is 1.07. The van der Waals surface area contributed by atoms with Gasteiger partial charge >= 0.3 is 0 Å². The Balaban J connectivity index is 1.53. The summed E-state index contributed by atoms with van der Waals surface area (Å²) in [4.78, 5) is 27.9. The Morgan fingerprint density at radius 1 is 1.16 bits per heavy atom. The maximum Gasteiger partial charge on any atom is 0.248 e. The van der Waals surface area contributed by atoms with Crippen LogP contribution in [-0.4, -0.2) is 36.1 Å². The molecule has 1 fully saturated rings. The first-order valence-electron chi connectivity index (χ1n) is 8.16. The van der Waals surface area contributed by atoms with Gasteiger partial charge in [-0.1, -0.05) is 6.07 Å². The van der Waals surface area contributed by atoms with Crippen LogP contribution in [0.1, 0.15) is 12.8 Å².